The summed E-state index contributed by atoms with van der Waals surface area (Å²) in [6.07, 6.45) is -3.15. The first-order valence-electron chi connectivity index (χ1n) is 20.8. The second kappa shape index (κ2) is 10.9. The highest BCUT2D eigenvalue weighted by Gasteiger charge is 2.50. The summed E-state index contributed by atoms with van der Waals surface area (Å²) in [7, 11) is 0. The number of aromatic nitrogens is 1. The van der Waals surface area contributed by atoms with Gasteiger partial charge < -0.3 is 19.9 Å². The van der Waals surface area contributed by atoms with Gasteiger partial charge in [-0.2, -0.15) is 0 Å². The summed E-state index contributed by atoms with van der Waals surface area (Å²) >= 11 is 0. The molecule has 0 aliphatic rings. The summed E-state index contributed by atoms with van der Waals surface area (Å²) in [5.41, 5.74) is -8.73. The first-order valence-corrected chi connectivity index (χ1v) is 12.2. The zero-order chi connectivity index (χ0) is 44.9. The third-order valence-corrected chi connectivity index (χ3v) is 7.50. The second-order valence-electron chi connectivity index (χ2n) is 9.92. The van der Waals surface area contributed by atoms with Crippen LogP contribution in [0.2, 0.25) is 0 Å². The summed E-state index contributed by atoms with van der Waals surface area (Å²) in [4.78, 5) is 12.8. The lowest BCUT2D eigenvalue weighted by Gasteiger charge is -2.37. The van der Waals surface area contributed by atoms with Crippen LogP contribution < -0.4 is 0 Å². The Bertz CT molecular complexity index is 2130. The van der Waals surface area contributed by atoms with Crippen molar-refractivity contribution < 1.29 is 43.7 Å². The maximum absolute atomic E-state index is 15.3. The van der Waals surface area contributed by atoms with Crippen LogP contribution in [-0.2, 0) is 4.79 Å². The smallest absolute Gasteiger partial charge is 0.481 e. The van der Waals surface area contributed by atoms with Crippen LogP contribution >= 0.6 is 0 Å². The molecule has 3 rings (SSSR count). The van der Waals surface area contributed by atoms with Gasteiger partial charge in [0.2, 0.25) is 1.43 Å². The van der Waals surface area contributed by atoms with Crippen LogP contribution in [0.25, 0.3) is 29.5 Å². The van der Waals surface area contributed by atoms with Gasteiger partial charge in [-0.25, -0.2) is 4.39 Å². The predicted molar refractivity (Wildman–Crippen MR) is 159 cm³/mol. The zero-order valence-electron chi connectivity index (χ0n) is 41.5. The van der Waals surface area contributed by atoms with Crippen molar-refractivity contribution in [1.82, 2.24) is 4.57 Å². The molecule has 0 aliphatic heterocycles. The van der Waals surface area contributed by atoms with Crippen molar-refractivity contribution in [2.75, 3.05) is 0 Å². The number of carbonyl (C=O) groups is 1. The van der Waals surface area contributed by atoms with Crippen LogP contribution in [0.15, 0.2) is 30.2 Å². The van der Waals surface area contributed by atoms with Crippen molar-refractivity contribution >= 4 is 22.9 Å². The van der Waals surface area contributed by atoms with Gasteiger partial charge in [0.25, 0.3) is 1.43 Å². The number of carboxylic acid groups (broad SMARTS) is 1. The molecule has 0 radical (unpaired) electrons. The van der Waals surface area contributed by atoms with Gasteiger partial charge in [-0.05, 0) is 107 Å². The van der Waals surface area contributed by atoms with Crippen LogP contribution in [0.1, 0.15) is 101 Å². The van der Waals surface area contributed by atoms with Crippen molar-refractivity contribution in [2.45, 2.75) is 92.8 Å². The maximum Gasteiger partial charge on any atom is 0.487 e. The minimum absolute atomic E-state index is 0.0441. The highest BCUT2D eigenvalue weighted by atomic mass is 19.1. The molecule has 4 N–H and O–H groups in total. The van der Waals surface area contributed by atoms with Crippen LogP contribution in [0.4, 0.5) is 4.39 Å². The molecule has 0 amide bonds. The van der Waals surface area contributed by atoms with E-state index < -0.39 is 118 Å². The Balaban J connectivity index is 3.01. The number of aliphatic hydroxyl groups is 1. The van der Waals surface area contributed by atoms with Crippen molar-refractivity contribution in [1.29, 1.82) is 5.72 Å². The number of aliphatic carboxylic acids is 1. The molecule has 212 valence electrons. The molecule has 1 aromatic heterocycles. The standard InChI is InChI=1S/C33H44FNO4/c1-11-20(4)35-28(14-15-32(9,38)24(8)33(10,39)23(7)31(36)37)30(25-12-13-27(34)22(6)21(25)5)26-16-18(2)19(3)17-29(26)35/h12-17,20,23-24,38-39H,11H2,1-10H3,(H,36,37)/p+1/t20?,23?,24?,32-,33+/m1/s1/i4D3,11D2,12D,13D,14D,15D,16D,17D,20D,23D,24D,38D,39D/hD2. The molecule has 0 saturated carbocycles. The van der Waals surface area contributed by atoms with Gasteiger partial charge in [-0.3, -0.25) is 4.79 Å². The molecule has 0 bridgehead atoms. The Morgan fingerprint density at radius 3 is 2.59 bits per heavy atom. The monoisotopic (exact) mass is 556 g/mol. The van der Waals surface area contributed by atoms with Crippen LogP contribution in [0.5, 0.6) is 0 Å². The average Bonchev–Trinajstić information content (AvgIpc) is 3.46. The number of benzene rings is 2. The lowest BCUT2D eigenvalue weighted by atomic mass is 9.72. The van der Waals surface area contributed by atoms with Gasteiger partial charge in [0.1, 0.15) is 11.7 Å². The first-order chi connectivity index (χ1) is 25.5. The fraction of sp³-hybridized carbons (Fsp3) is 0.485. The highest BCUT2D eigenvalue weighted by molar-refractivity contribution is 6.02. The van der Waals surface area contributed by atoms with Crippen molar-refractivity contribution in [3.05, 3.63) is 64.0 Å². The summed E-state index contributed by atoms with van der Waals surface area (Å²) in [5, 5.41) is 9.25. The Morgan fingerprint density at radius 1 is 1.31 bits per heavy atom. The van der Waals surface area contributed by atoms with Crippen molar-refractivity contribution in [3.8, 4) is 11.1 Å². The molecule has 5 atom stereocenters. The molecule has 6 heteroatoms. The number of nitrogens with zero attached hydrogens (tertiary/aromatic N) is 1. The van der Waals surface area contributed by atoms with Crippen LogP contribution in [0.3, 0.4) is 0 Å². The molecule has 0 fully saturated rings. The lowest BCUT2D eigenvalue weighted by Crippen LogP contribution is -2.52. The lowest BCUT2D eigenvalue weighted by molar-refractivity contribution is -0.160. The van der Waals surface area contributed by atoms with Gasteiger partial charge in [-0.1, -0.05) is 25.9 Å². The van der Waals surface area contributed by atoms with E-state index in [4.69, 9.17) is 21.8 Å². The van der Waals surface area contributed by atoms with Gasteiger partial charge in [0.15, 0.2) is 5.60 Å². The highest BCUT2D eigenvalue weighted by Crippen LogP contribution is 2.42. The fourth-order valence-electron chi connectivity index (χ4n) is 4.17. The molecule has 39 heavy (non-hydrogen) atoms. The van der Waals surface area contributed by atoms with E-state index >= 15 is 4.39 Å². The van der Waals surface area contributed by atoms with Gasteiger partial charge >= 0.3 is 8.83 Å². The maximum atomic E-state index is 15.3. The molecular weight excluding hydrogens is 493 g/mol. The zero-order valence-corrected chi connectivity index (χ0v) is 23.5. The normalized spacial score (nSPS) is 27.9. The SMILES string of the molecule is [2H]OC(=O)C([2H])(C)[C@](C)([O+]([2H])[2H])C([2H])(C)[C@](C)(O[2H])C([2H])=C([2H])c1c(-c2c([2H])c([2H])c(F)c(C)c2C)c2c([2H])c(C)c(C)c([2H])c2n1C([2H])(C([2H])([2H])[2H])C([2H])([2H])C. The van der Waals surface area contributed by atoms with E-state index in [0.29, 0.717) is 4.57 Å². The number of rotatable bonds is 11. The topological polar surface area (TPSA) is 85.4 Å². The molecular formula is C33H45FNO4+. The van der Waals surface area contributed by atoms with E-state index in [1.54, 1.807) is 0 Å². The average molecular weight is 557 g/mol. The van der Waals surface area contributed by atoms with Gasteiger partial charge in [-0.15, -0.1) is 0 Å². The van der Waals surface area contributed by atoms with Crippen molar-refractivity contribution in [2.24, 2.45) is 11.8 Å². The molecule has 0 spiro atoms. The second-order valence-corrected chi connectivity index (χ2v) is 9.92. The minimum Gasteiger partial charge on any atom is -0.481 e. The van der Waals surface area contributed by atoms with E-state index in [-0.39, 0.29) is 22.3 Å². The molecule has 0 aliphatic carbocycles. The van der Waals surface area contributed by atoms with Gasteiger partial charge in [0.05, 0.1) is 22.5 Å². The summed E-state index contributed by atoms with van der Waals surface area (Å²) < 4.78 is 174. The number of hydrogen-bond acceptors (Lipinski definition) is 3. The summed E-state index contributed by atoms with van der Waals surface area (Å²) in [5.74, 6) is -8.77. The largest absolute Gasteiger partial charge is 0.487 e. The molecule has 3 unspecified atom stereocenters. The molecule has 2 aromatic carbocycles. The van der Waals surface area contributed by atoms with Crippen LogP contribution in [0, 0.1) is 45.3 Å². The van der Waals surface area contributed by atoms with E-state index in [0.717, 1.165) is 39.7 Å². The predicted octanol–water partition coefficient (Wildman–Crippen LogP) is 7.26. The van der Waals surface area contributed by atoms with E-state index in [2.05, 4.69) is 5.11 Å². The van der Waals surface area contributed by atoms with Crippen molar-refractivity contribution in [3.63, 3.8) is 0 Å². The third kappa shape index (κ3) is 5.42. The summed E-state index contributed by atoms with van der Waals surface area (Å²) in [6.45, 7) is 5.60. The molecule has 1 heterocycles. The number of hydrogen-bond donors (Lipinski definition) is 2. The quantitative estimate of drug-likeness (QED) is 0.244. The first kappa shape index (κ1) is 14.1. The van der Waals surface area contributed by atoms with Gasteiger partial charge in [0, 0.05) is 43.3 Å². The number of fused-ring (bicyclic) bond motifs is 1. The number of halogens is 1. The molecule has 0 saturated heterocycles. The Labute approximate surface area is 257 Å². The Kier molecular flexibility index (Phi) is 3.94. The van der Waals surface area contributed by atoms with Crippen LogP contribution in [-0.4, -0.2) is 41.4 Å². The van der Waals surface area contributed by atoms with E-state index in [1.165, 1.54) is 27.7 Å². The number of carboxylic acids is 1. The molecule has 5 nitrogen and oxygen atoms in total. The summed E-state index contributed by atoms with van der Waals surface area (Å²) in [6, 6.07) is -9.13. The Hall–Kier alpha value is -2.96. The fourth-order valence-corrected chi connectivity index (χ4v) is 4.17. The van der Waals surface area contributed by atoms with E-state index in [9.17, 15) is 13.0 Å². The molecule has 3 aromatic rings. The minimum atomic E-state index is -3.72. The Morgan fingerprint density at radius 2 is 2.00 bits per heavy atom. The van der Waals surface area contributed by atoms with E-state index in [1.807, 2.05) is 0 Å². The third-order valence-electron chi connectivity index (χ3n) is 7.50.